The van der Waals surface area contributed by atoms with Crippen LogP contribution in [-0.4, -0.2) is 7.11 Å². The summed E-state index contributed by atoms with van der Waals surface area (Å²) in [5, 5.41) is 1.91. The summed E-state index contributed by atoms with van der Waals surface area (Å²) in [6, 6.07) is 16.1. The first-order valence-electron chi connectivity index (χ1n) is 5.61. The number of ether oxygens (including phenoxy) is 1. The van der Waals surface area contributed by atoms with Crippen molar-refractivity contribution in [2.45, 2.75) is 0 Å². The normalized spacial score (nSPS) is 10.8. The highest BCUT2D eigenvalue weighted by molar-refractivity contribution is 7.22. The average Bonchev–Trinajstić information content (AvgIpc) is 2.78. The van der Waals surface area contributed by atoms with Crippen LogP contribution in [0, 0.1) is 0 Å². The highest BCUT2D eigenvalue weighted by atomic mass is 35.5. The van der Waals surface area contributed by atoms with E-state index >= 15 is 0 Å². The molecule has 3 aromatic rings. The first-order valence-corrected chi connectivity index (χ1v) is 6.80. The second kappa shape index (κ2) is 4.63. The summed E-state index contributed by atoms with van der Waals surface area (Å²) in [5.74, 6) is 0.943. The first-order chi connectivity index (χ1) is 8.79. The van der Waals surface area contributed by atoms with Crippen LogP contribution >= 0.6 is 22.9 Å². The summed E-state index contributed by atoms with van der Waals surface area (Å²) < 4.78 is 6.80. The van der Waals surface area contributed by atoms with Crippen LogP contribution in [0.5, 0.6) is 5.75 Å². The predicted molar refractivity (Wildman–Crippen MR) is 78.8 cm³/mol. The molecular weight excluding hydrogens is 264 g/mol. The molecule has 0 aliphatic heterocycles. The fourth-order valence-corrected chi connectivity index (χ4v) is 3.32. The number of rotatable bonds is 2. The van der Waals surface area contributed by atoms with Crippen molar-refractivity contribution < 1.29 is 4.74 Å². The smallest absolute Gasteiger partial charge is 0.145 e. The molecule has 0 unspecified atom stereocenters. The summed E-state index contributed by atoms with van der Waals surface area (Å²) in [7, 11) is 1.72. The Bertz CT molecular complexity index is 685. The minimum absolute atomic E-state index is 0.749. The molecule has 0 amide bonds. The molecule has 0 radical (unpaired) electrons. The quantitative estimate of drug-likeness (QED) is 0.622. The van der Waals surface area contributed by atoms with Crippen molar-refractivity contribution in [3.05, 3.63) is 53.6 Å². The maximum absolute atomic E-state index is 5.92. The van der Waals surface area contributed by atoms with E-state index in [9.17, 15) is 0 Å². The Labute approximate surface area is 115 Å². The molecule has 0 fully saturated rings. The van der Waals surface area contributed by atoms with E-state index in [0.717, 1.165) is 26.6 Å². The Morgan fingerprint density at radius 3 is 2.44 bits per heavy atom. The van der Waals surface area contributed by atoms with Crippen molar-refractivity contribution in [1.82, 2.24) is 0 Å². The van der Waals surface area contributed by atoms with Gasteiger partial charge in [-0.1, -0.05) is 35.9 Å². The summed E-state index contributed by atoms with van der Waals surface area (Å²) in [4.78, 5) is 1.15. The molecule has 0 N–H and O–H groups in total. The van der Waals surface area contributed by atoms with Gasteiger partial charge in [0.05, 0.1) is 12.0 Å². The molecule has 1 heterocycles. The molecule has 0 bridgehead atoms. The van der Waals surface area contributed by atoms with Gasteiger partial charge in [-0.15, -0.1) is 11.3 Å². The van der Waals surface area contributed by atoms with E-state index in [0.29, 0.717) is 0 Å². The maximum atomic E-state index is 5.92. The molecule has 3 heteroatoms. The molecule has 0 saturated carbocycles. The Morgan fingerprint density at radius 2 is 1.72 bits per heavy atom. The van der Waals surface area contributed by atoms with Crippen molar-refractivity contribution in [2.24, 2.45) is 0 Å². The number of thiophene rings is 1. The van der Waals surface area contributed by atoms with Crippen LogP contribution in [0.15, 0.2) is 48.5 Å². The van der Waals surface area contributed by atoms with Gasteiger partial charge >= 0.3 is 0 Å². The first kappa shape index (κ1) is 11.6. The van der Waals surface area contributed by atoms with Gasteiger partial charge in [0.2, 0.25) is 0 Å². The lowest BCUT2D eigenvalue weighted by atomic mass is 10.1. The monoisotopic (exact) mass is 274 g/mol. The van der Waals surface area contributed by atoms with Crippen LogP contribution in [0.2, 0.25) is 5.02 Å². The Morgan fingerprint density at radius 1 is 1.00 bits per heavy atom. The van der Waals surface area contributed by atoms with Gasteiger partial charge in [0.1, 0.15) is 5.75 Å². The summed E-state index contributed by atoms with van der Waals surface area (Å²) >= 11 is 7.66. The van der Waals surface area contributed by atoms with E-state index in [2.05, 4.69) is 12.1 Å². The fraction of sp³-hybridized carbons (Fsp3) is 0.0667. The third kappa shape index (κ3) is 1.88. The average molecular weight is 275 g/mol. The number of halogens is 1. The minimum atomic E-state index is 0.749. The number of benzene rings is 2. The third-order valence-corrected chi connectivity index (χ3v) is 4.31. The molecule has 2 aromatic carbocycles. The lowest BCUT2D eigenvalue weighted by molar-refractivity contribution is 0.423. The highest BCUT2D eigenvalue weighted by Crippen LogP contribution is 2.44. The lowest BCUT2D eigenvalue weighted by Gasteiger charge is -2.03. The Balaban J connectivity index is 2.25. The van der Waals surface area contributed by atoms with Gasteiger partial charge in [-0.3, -0.25) is 0 Å². The highest BCUT2D eigenvalue weighted by Gasteiger charge is 2.13. The van der Waals surface area contributed by atoms with Gasteiger partial charge in [-0.25, -0.2) is 0 Å². The zero-order valence-electron chi connectivity index (χ0n) is 9.81. The Hall–Kier alpha value is -1.51. The second-order valence-electron chi connectivity index (χ2n) is 3.97. The van der Waals surface area contributed by atoms with Crippen molar-refractivity contribution >= 4 is 33.0 Å². The van der Waals surface area contributed by atoms with E-state index in [1.165, 1.54) is 4.70 Å². The van der Waals surface area contributed by atoms with E-state index in [4.69, 9.17) is 16.3 Å². The third-order valence-electron chi connectivity index (χ3n) is 2.86. The minimum Gasteiger partial charge on any atom is -0.495 e. The van der Waals surface area contributed by atoms with E-state index in [1.807, 2.05) is 36.4 Å². The fourth-order valence-electron chi connectivity index (χ4n) is 2.02. The zero-order chi connectivity index (χ0) is 12.5. The number of methoxy groups -OCH3 is 1. The molecular formula is C15H11ClOS. The van der Waals surface area contributed by atoms with Crippen molar-refractivity contribution in [2.75, 3.05) is 7.11 Å². The number of fused-ring (bicyclic) bond motifs is 1. The SMILES string of the molecule is COc1c(-c2ccc(Cl)cc2)sc2ccccc12. The van der Waals surface area contributed by atoms with Gasteiger partial charge in [0.15, 0.2) is 0 Å². The summed E-state index contributed by atoms with van der Waals surface area (Å²) in [5.41, 5.74) is 1.14. The van der Waals surface area contributed by atoms with Gasteiger partial charge < -0.3 is 4.74 Å². The molecule has 0 spiro atoms. The maximum Gasteiger partial charge on any atom is 0.145 e. The molecule has 0 aliphatic rings. The molecule has 1 nitrogen and oxygen atoms in total. The number of hydrogen-bond donors (Lipinski definition) is 0. The van der Waals surface area contributed by atoms with Crippen molar-refractivity contribution in [3.63, 3.8) is 0 Å². The van der Waals surface area contributed by atoms with E-state index in [-0.39, 0.29) is 0 Å². The number of hydrogen-bond acceptors (Lipinski definition) is 2. The largest absolute Gasteiger partial charge is 0.495 e. The summed E-state index contributed by atoms with van der Waals surface area (Å²) in [6.07, 6.45) is 0. The molecule has 18 heavy (non-hydrogen) atoms. The van der Waals surface area contributed by atoms with Crippen LogP contribution in [0.1, 0.15) is 0 Å². The molecule has 0 saturated heterocycles. The topological polar surface area (TPSA) is 9.23 Å². The lowest BCUT2D eigenvalue weighted by Crippen LogP contribution is -1.83. The molecule has 0 atom stereocenters. The van der Waals surface area contributed by atoms with Crippen LogP contribution in [0.3, 0.4) is 0 Å². The van der Waals surface area contributed by atoms with Crippen molar-refractivity contribution in [1.29, 1.82) is 0 Å². The van der Waals surface area contributed by atoms with Crippen molar-refractivity contribution in [3.8, 4) is 16.2 Å². The van der Waals surface area contributed by atoms with Gasteiger partial charge in [-0.2, -0.15) is 0 Å². The molecule has 1 aromatic heterocycles. The molecule has 90 valence electrons. The predicted octanol–water partition coefficient (Wildman–Crippen LogP) is 5.23. The second-order valence-corrected chi connectivity index (χ2v) is 5.46. The van der Waals surface area contributed by atoms with Crippen LogP contribution in [-0.2, 0) is 0 Å². The standard InChI is InChI=1S/C15H11ClOS/c1-17-14-12-4-2-3-5-13(12)18-15(14)10-6-8-11(16)9-7-10/h2-9H,1H3. The zero-order valence-corrected chi connectivity index (χ0v) is 11.4. The van der Waals surface area contributed by atoms with Crippen LogP contribution in [0.4, 0.5) is 0 Å². The molecule has 3 rings (SSSR count). The van der Waals surface area contributed by atoms with Gasteiger partial charge in [0.25, 0.3) is 0 Å². The van der Waals surface area contributed by atoms with Gasteiger partial charge in [-0.05, 0) is 29.8 Å². The summed E-state index contributed by atoms with van der Waals surface area (Å²) in [6.45, 7) is 0. The van der Waals surface area contributed by atoms with E-state index in [1.54, 1.807) is 18.4 Å². The van der Waals surface area contributed by atoms with Crippen LogP contribution in [0.25, 0.3) is 20.5 Å². The Kier molecular flexibility index (Phi) is 2.98. The van der Waals surface area contributed by atoms with E-state index < -0.39 is 0 Å². The molecule has 0 aliphatic carbocycles. The van der Waals surface area contributed by atoms with Crippen LogP contribution < -0.4 is 4.74 Å². The van der Waals surface area contributed by atoms with Gasteiger partial charge in [0, 0.05) is 15.1 Å².